The third kappa shape index (κ3) is 5.28. The maximum Gasteiger partial charge on any atom is 0.335 e. The van der Waals surface area contributed by atoms with Gasteiger partial charge in [0.05, 0.1) is 61.2 Å². The van der Waals surface area contributed by atoms with Crippen molar-refractivity contribution in [1.29, 1.82) is 0 Å². The third-order valence-corrected chi connectivity index (χ3v) is 8.19. The normalized spacial score (nSPS) is 20.5. The van der Waals surface area contributed by atoms with Gasteiger partial charge in [-0.3, -0.25) is 9.88 Å². The fourth-order valence-electron chi connectivity index (χ4n) is 5.83. The van der Waals surface area contributed by atoms with Gasteiger partial charge in [0.25, 0.3) is 0 Å². The van der Waals surface area contributed by atoms with E-state index in [1.165, 1.54) is 12.4 Å². The Morgan fingerprint density at radius 2 is 2.07 bits per heavy atom. The minimum Gasteiger partial charge on any atom is -0.478 e. The number of rotatable bonds is 8. The van der Waals surface area contributed by atoms with Crippen molar-refractivity contribution in [2.45, 2.75) is 44.9 Å². The number of ether oxygens (including phenoxy) is 3. The molecule has 0 bridgehead atoms. The van der Waals surface area contributed by atoms with Crippen LogP contribution in [0.15, 0.2) is 48.8 Å². The van der Waals surface area contributed by atoms with Gasteiger partial charge < -0.3 is 28.8 Å². The Bertz CT molecular complexity index is 1630. The number of benzene rings is 1. The SMILES string of the molecule is O=C(O)c1ccc2nc(CN3CCN4c5nc(OCc6ccncc6F)ccc5COC[C@H]4C3)n(C[C@@H]3CCO3)c2c1. The summed E-state index contributed by atoms with van der Waals surface area (Å²) >= 11 is 0. The summed E-state index contributed by atoms with van der Waals surface area (Å²) in [7, 11) is 0. The summed E-state index contributed by atoms with van der Waals surface area (Å²) in [5, 5.41) is 9.55. The van der Waals surface area contributed by atoms with E-state index in [0.29, 0.717) is 37.7 Å². The van der Waals surface area contributed by atoms with Crippen molar-refractivity contribution in [3.63, 3.8) is 0 Å². The Morgan fingerprint density at radius 1 is 1.17 bits per heavy atom. The molecule has 0 unspecified atom stereocenters. The summed E-state index contributed by atoms with van der Waals surface area (Å²) in [5.41, 5.74) is 3.25. The number of aromatic carboxylic acids is 1. The van der Waals surface area contributed by atoms with E-state index in [0.717, 1.165) is 60.9 Å². The van der Waals surface area contributed by atoms with Crippen LogP contribution in [0.1, 0.15) is 33.7 Å². The molecule has 1 N–H and O–H groups in total. The van der Waals surface area contributed by atoms with Gasteiger partial charge in [-0.2, -0.15) is 4.98 Å². The Labute approximate surface area is 241 Å². The molecule has 2 fully saturated rings. The van der Waals surface area contributed by atoms with Crippen LogP contribution in [0.2, 0.25) is 0 Å². The molecule has 3 aromatic heterocycles. The van der Waals surface area contributed by atoms with E-state index in [1.807, 2.05) is 6.07 Å². The molecule has 12 heteroatoms. The summed E-state index contributed by atoms with van der Waals surface area (Å²) in [6.07, 6.45) is 3.80. The van der Waals surface area contributed by atoms with Crippen LogP contribution in [0.3, 0.4) is 0 Å². The van der Waals surface area contributed by atoms with Gasteiger partial charge in [-0.15, -0.1) is 0 Å². The number of carboxylic acid groups (broad SMARTS) is 1. The number of pyridine rings is 2. The van der Waals surface area contributed by atoms with Crippen molar-refractivity contribution in [1.82, 2.24) is 24.4 Å². The molecule has 4 aromatic rings. The smallest absolute Gasteiger partial charge is 0.335 e. The van der Waals surface area contributed by atoms with E-state index < -0.39 is 11.8 Å². The van der Waals surface area contributed by atoms with E-state index in [9.17, 15) is 14.3 Å². The lowest BCUT2D eigenvalue weighted by Gasteiger charge is -2.41. The number of hydrogen-bond acceptors (Lipinski definition) is 9. The monoisotopic (exact) mass is 574 g/mol. The van der Waals surface area contributed by atoms with Gasteiger partial charge in [-0.05, 0) is 36.8 Å². The first-order chi connectivity index (χ1) is 20.5. The second-order valence-corrected chi connectivity index (χ2v) is 10.9. The average Bonchev–Trinajstić information content (AvgIpc) is 3.19. The maximum atomic E-state index is 14.0. The van der Waals surface area contributed by atoms with Crippen molar-refractivity contribution < 1.29 is 28.5 Å². The number of halogens is 1. The first-order valence-corrected chi connectivity index (χ1v) is 14.1. The Morgan fingerprint density at radius 3 is 2.88 bits per heavy atom. The lowest BCUT2D eigenvalue weighted by Crippen LogP contribution is -2.54. The highest BCUT2D eigenvalue weighted by atomic mass is 19.1. The largest absolute Gasteiger partial charge is 0.478 e. The molecule has 0 spiro atoms. The molecule has 2 saturated heterocycles. The van der Waals surface area contributed by atoms with Crippen LogP contribution in [-0.4, -0.2) is 80.5 Å². The molecule has 0 saturated carbocycles. The zero-order chi connectivity index (χ0) is 28.6. The molecule has 11 nitrogen and oxygen atoms in total. The lowest BCUT2D eigenvalue weighted by atomic mass is 10.1. The average molecular weight is 575 g/mol. The van der Waals surface area contributed by atoms with Crippen LogP contribution in [0.5, 0.6) is 5.88 Å². The summed E-state index contributed by atoms with van der Waals surface area (Å²) in [4.78, 5) is 29.8. The zero-order valence-corrected chi connectivity index (χ0v) is 23.0. The molecule has 218 valence electrons. The molecule has 2 atom stereocenters. The molecule has 1 aromatic carbocycles. The van der Waals surface area contributed by atoms with Crippen molar-refractivity contribution in [2.75, 3.05) is 37.7 Å². The zero-order valence-electron chi connectivity index (χ0n) is 23.0. The fourth-order valence-corrected chi connectivity index (χ4v) is 5.83. The quantitative estimate of drug-likeness (QED) is 0.336. The first-order valence-electron chi connectivity index (χ1n) is 14.1. The molecule has 0 radical (unpaired) electrons. The molecule has 7 rings (SSSR count). The number of aromatic nitrogens is 4. The highest BCUT2D eigenvalue weighted by Crippen LogP contribution is 2.30. The summed E-state index contributed by atoms with van der Waals surface area (Å²) in [6, 6.07) is 10.5. The Kier molecular flexibility index (Phi) is 7.18. The van der Waals surface area contributed by atoms with E-state index in [4.69, 9.17) is 24.2 Å². The second kappa shape index (κ2) is 11.3. The van der Waals surface area contributed by atoms with Crippen molar-refractivity contribution in [2.24, 2.45) is 0 Å². The fraction of sp³-hybridized carbons (Fsp3) is 0.400. The molecule has 3 aliphatic rings. The number of nitrogens with zero attached hydrogens (tertiary/aromatic N) is 6. The van der Waals surface area contributed by atoms with Crippen LogP contribution < -0.4 is 9.64 Å². The van der Waals surface area contributed by atoms with Gasteiger partial charge in [0.2, 0.25) is 5.88 Å². The molecular formula is C30H31FN6O5. The van der Waals surface area contributed by atoms with Crippen molar-refractivity contribution in [3.8, 4) is 5.88 Å². The van der Waals surface area contributed by atoms with Gasteiger partial charge in [-0.1, -0.05) is 0 Å². The molecule has 6 heterocycles. The number of fused-ring (bicyclic) bond motifs is 4. The highest BCUT2D eigenvalue weighted by Gasteiger charge is 2.33. The first kappa shape index (κ1) is 26.7. The van der Waals surface area contributed by atoms with Crippen molar-refractivity contribution >= 4 is 22.8 Å². The maximum absolute atomic E-state index is 14.0. The number of piperazine rings is 1. The standard InChI is InChI=1S/C30H31FN6O5/c31-24-12-32-7-5-20(24)17-42-28-4-2-21-16-40-18-22-13-35(8-9-36(22)29(21)34-28)15-27-33-25-3-1-19(30(38)39)11-26(25)37(27)14-23-6-10-41-23/h1-5,7,11-12,22-23H,6,8-10,13-18H2,(H,38,39)/t22-,23+/m1/s1. The minimum absolute atomic E-state index is 0.0642. The summed E-state index contributed by atoms with van der Waals surface area (Å²) in [5.74, 6) is 0.792. The molecule has 3 aliphatic heterocycles. The number of imidazole rings is 1. The predicted molar refractivity (Wildman–Crippen MR) is 150 cm³/mol. The number of anilines is 1. The molecule has 0 amide bonds. The van der Waals surface area contributed by atoms with Gasteiger partial charge >= 0.3 is 5.97 Å². The Hall–Kier alpha value is -4.13. The van der Waals surface area contributed by atoms with Gasteiger partial charge in [0, 0.05) is 49.6 Å². The molecule has 42 heavy (non-hydrogen) atoms. The third-order valence-electron chi connectivity index (χ3n) is 8.19. The predicted octanol–water partition coefficient (Wildman–Crippen LogP) is 3.25. The van der Waals surface area contributed by atoms with Crippen LogP contribution in [0, 0.1) is 5.82 Å². The van der Waals surface area contributed by atoms with Gasteiger partial charge in [-0.25, -0.2) is 14.2 Å². The second-order valence-electron chi connectivity index (χ2n) is 10.9. The van der Waals surface area contributed by atoms with Crippen LogP contribution in [0.4, 0.5) is 10.2 Å². The van der Waals surface area contributed by atoms with E-state index in [2.05, 4.69) is 19.4 Å². The number of carboxylic acids is 1. The minimum atomic E-state index is -0.956. The van der Waals surface area contributed by atoms with E-state index >= 15 is 0 Å². The number of hydrogen-bond donors (Lipinski definition) is 1. The van der Waals surface area contributed by atoms with Crippen LogP contribution >= 0.6 is 0 Å². The van der Waals surface area contributed by atoms with E-state index in [1.54, 1.807) is 30.3 Å². The van der Waals surface area contributed by atoms with Crippen molar-refractivity contribution in [3.05, 3.63) is 77.1 Å². The lowest BCUT2D eigenvalue weighted by molar-refractivity contribution is -0.0592. The summed E-state index contributed by atoms with van der Waals surface area (Å²) < 4.78 is 33.8. The highest BCUT2D eigenvalue weighted by molar-refractivity contribution is 5.92. The van der Waals surface area contributed by atoms with Gasteiger partial charge in [0.1, 0.15) is 24.1 Å². The Balaban J connectivity index is 1.09. The topological polar surface area (TPSA) is 115 Å². The van der Waals surface area contributed by atoms with E-state index in [-0.39, 0.29) is 24.3 Å². The summed E-state index contributed by atoms with van der Waals surface area (Å²) in [6.45, 7) is 5.36. The van der Waals surface area contributed by atoms with Crippen LogP contribution in [-0.2, 0) is 35.8 Å². The number of carbonyl (C=O) groups is 1. The van der Waals surface area contributed by atoms with Gasteiger partial charge in [0.15, 0.2) is 0 Å². The molecule has 0 aliphatic carbocycles. The van der Waals surface area contributed by atoms with Crippen LogP contribution in [0.25, 0.3) is 11.0 Å². The molecular weight excluding hydrogens is 543 g/mol.